The Morgan fingerprint density at radius 3 is 2.82 bits per heavy atom. The molecule has 22 heavy (non-hydrogen) atoms. The molecule has 2 rings (SSSR count). The average Bonchev–Trinajstić information content (AvgIpc) is 2.83. The molecule has 2 heterocycles. The lowest BCUT2D eigenvalue weighted by atomic mass is 10.2. The smallest absolute Gasteiger partial charge is 0.244 e. The van der Waals surface area contributed by atoms with Gasteiger partial charge in [0.25, 0.3) is 0 Å². The van der Waals surface area contributed by atoms with E-state index in [0.29, 0.717) is 23.1 Å². The molecular weight excluding hydrogens is 352 g/mol. The molecule has 1 atom stereocenters. The maximum atomic E-state index is 12.1. The minimum atomic E-state index is -3.96. The van der Waals surface area contributed by atoms with Gasteiger partial charge in [0.15, 0.2) is 9.84 Å². The second-order valence-corrected chi connectivity index (χ2v) is 10.2. The molecule has 2 aliphatic rings. The van der Waals surface area contributed by atoms with Crippen LogP contribution in [0.4, 0.5) is 0 Å². The molecule has 0 aromatic heterocycles. The SMILES string of the molecule is CC(=O)NCCOC1=C2C=C(S(N)(=O)=O)SC2S(=O)(=O)CC1. The molecule has 0 fully saturated rings. The zero-order valence-electron chi connectivity index (χ0n) is 11.7. The summed E-state index contributed by atoms with van der Waals surface area (Å²) in [7, 11) is -7.41. The van der Waals surface area contributed by atoms with E-state index in [1.165, 1.54) is 13.0 Å². The minimum absolute atomic E-state index is 0.116. The fourth-order valence-corrected chi connectivity index (χ4v) is 6.56. The number of hydrogen-bond donors (Lipinski definition) is 2. The molecule has 0 aromatic carbocycles. The molecule has 0 spiro atoms. The van der Waals surface area contributed by atoms with E-state index < -0.39 is 24.4 Å². The van der Waals surface area contributed by atoms with Crippen LogP contribution >= 0.6 is 11.8 Å². The van der Waals surface area contributed by atoms with Crippen LogP contribution in [0.15, 0.2) is 21.6 Å². The summed E-state index contributed by atoms with van der Waals surface area (Å²) in [6.07, 6.45) is 1.43. The van der Waals surface area contributed by atoms with Crippen molar-refractivity contribution in [2.75, 3.05) is 18.9 Å². The fourth-order valence-electron chi connectivity index (χ4n) is 2.07. The number of nitrogens with one attached hydrogen (secondary N) is 1. The second kappa shape index (κ2) is 6.22. The number of sulfonamides is 1. The number of nitrogens with two attached hydrogens (primary N) is 1. The number of carbonyl (C=O) groups excluding carboxylic acids is 1. The third-order valence-corrected chi connectivity index (χ3v) is 8.38. The first-order valence-electron chi connectivity index (χ1n) is 6.34. The number of ether oxygens (including phenoxy) is 1. The first-order chi connectivity index (χ1) is 10.1. The van der Waals surface area contributed by atoms with Crippen molar-refractivity contribution < 1.29 is 26.4 Å². The van der Waals surface area contributed by atoms with Crippen molar-refractivity contribution >= 4 is 37.5 Å². The molecule has 11 heteroatoms. The minimum Gasteiger partial charge on any atom is -0.496 e. The van der Waals surface area contributed by atoms with Crippen molar-refractivity contribution in [1.29, 1.82) is 0 Å². The first kappa shape index (κ1) is 17.3. The summed E-state index contributed by atoms with van der Waals surface area (Å²) in [6.45, 7) is 1.83. The summed E-state index contributed by atoms with van der Waals surface area (Å²) in [5.74, 6) is 0.115. The fraction of sp³-hybridized carbons (Fsp3) is 0.545. The number of hydrogen-bond acceptors (Lipinski definition) is 7. The standard InChI is InChI=1S/C11H16N2O6S3/c1-7(14)13-3-4-19-9-2-5-21(15,16)11-8(9)6-10(20-11)22(12,17)18/h6,11H,2-5H2,1H3,(H,13,14)(H2,12,17,18). The highest BCUT2D eigenvalue weighted by molar-refractivity contribution is 8.24. The predicted molar refractivity (Wildman–Crippen MR) is 82.6 cm³/mol. The highest BCUT2D eigenvalue weighted by atomic mass is 32.3. The molecular formula is C11H16N2O6S3. The number of fused-ring (bicyclic) bond motifs is 1. The van der Waals surface area contributed by atoms with Crippen molar-refractivity contribution in [3.63, 3.8) is 0 Å². The van der Waals surface area contributed by atoms with Gasteiger partial charge in [0.2, 0.25) is 15.9 Å². The molecule has 0 radical (unpaired) electrons. The topological polar surface area (TPSA) is 133 Å². The molecule has 0 saturated heterocycles. The summed E-state index contributed by atoms with van der Waals surface area (Å²) >= 11 is 0.709. The summed E-state index contributed by atoms with van der Waals surface area (Å²) in [5.41, 5.74) is 0.322. The number of allylic oxidation sites excluding steroid dienone is 2. The maximum absolute atomic E-state index is 12.1. The monoisotopic (exact) mass is 368 g/mol. The van der Waals surface area contributed by atoms with Gasteiger partial charge in [0, 0.05) is 18.9 Å². The van der Waals surface area contributed by atoms with Crippen LogP contribution in [0.1, 0.15) is 13.3 Å². The molecule has 0 aromatic rings. The molecule has 1 amide bonds. The van der Waals surface area contributed by atoms with Gasteiger partial charge in [-0.15, -0.1) is 0 Å². The summed E-state index contributed by atoms with van der Waals surface area (Å²) in [6, 6.07) is 0. The van der Waals surface area contributed by atoms with E-state index in [9.17, 15) is 21.6 Å². The van der Waals surface area contributed by atoms with Crippen LogP contribution < -0.4 is 10.5 Å². The number of thioether (sulfide) groups is 1. The van der Waals surface area contributed by atoms with Gasteiger partial charge in [-0.2, -0.15) is 0 Å². The normalized spacial score (nSPS) is 23.7. The number of primary sulfonamides is 1. The molecule has 0 aliphatic carbocycles. The van der Waals surface area contributed by atoms with Crippen molar-refractivity contribution in [2.24, 2.45) is 5.14 Å². The third-order valence-electron chi connectivity index (χ3n) is 3.04. The summed E-state index contributed by atoms with van der Waals surface area (Å²) in [4.78, 5) is 10.8. The summed E-state index contributed by atoms with van der Waals surface area (Å²) < 4.78 is 51.3. The van der Waals surface area contributed by atoms with Crippen LogP contribution in [0.25, 0.3) is 0 Å². The van der Waals surface area contributed by atoms with Crippen LogP contribution in [0.2, 0.25) is 0 Å². The van der Waals surface area contributed by atoms with Crippen molar-refractivity contribution in [2.45, 2.75) is 17.9 Å². The van der Waals surface area contributed by atoms with Crippen molar-refractivity contribution in [3.05, 3.63) is 21.6 Å². The second-order valence-electron chi connectivity index (χ2n) is 4.79. The first-order valence-corrected chi connectivity index (χ1v) is 10.5. The Kier molecular flexibility index (Phi) is 4.90. The number of amides is 1. The van der Waals surface area contributed by atoms with E-state index in [1.807, 2.05) is 0 Å². The van der Waals surface area contributed by atoms with Crippen LogP contribution in [-0.4, -0.2) is 46.2 Å². The Balaban J connectivity index is 2.23. The average molecular weight is 368 g/mol. The van der Waals surface area contributed by atoms with E-state index in [2.05, 4.69) is 5.32 Å². The van der Waals surface area contributed by atoms with Crippen LogP contribution in [0.3, 0.4) is 0 Å². The Labute approximate surface area is 133 Å². The molecule has 3 N–H and O–H groups in total. The highest BCUT2D eigenvalue weighted by Gasteiger charge is 2.42. The third kappa shape index (κ3) is 3.83. The van der Waals surface area contributed by atoms with Gasteiger partial charge in [0.05, 0.1) is 12.3 Å². The number of sulfone groups is 1. The Hall–Kier alpha value is -1.04. The van der Waals surface area contributed by atoms with Crippen LogP contribution in [0.5, 0.6) is 0 Å². The van der Waals surface area contributed by atoms with E-state index in [4.69, 9.17) is 9.88 Å². The van der Waals surface area contributed by atoms with Gasteiger partial charge in [-0.25, -0.2) is 22.0 Å². The summed E-state index contributed by atoms with van der Waals surface area (Å²) in [5, 5.41) is 7.61. The molecule has 124 valence electrons. The van der Waals surface area contributed by atoms with Gasteiger partial charge in [0.1, 0.15) is 21.2 Å². The predicted octanol–water partition coefficient (Wildman–Crippen LogP) is -0.585. The van der Waals surface area contributed by atoms with Gasteiger partial charge in [-0.3, -0.25) is 4.79 Å². The molecule has 0 saturated carbocycles. The maximum Gasteiger partial charge on any atom is 0.244 e. The lowest BCUT2D eigenvalue weighted by Crippen LogP contribution is -2.29. The van der Waals surface area contributed by atoms with E-state index in [0.717, 1.165) is 0 Å². The molecule has 1 unspecified atom stereocenters. The van der Waals surface area contributed by atoms with E-state index in [1.54, 1.807) is 0 Å². The Bertz CT molecular complexity index is 751. The molecule has 0 bridgehead atoms. The number of rotatable bonds is 5. The van der Waals surface area contributed by atoms with Crippen LogP contribution in [-0.2, 0) is 29.4 Å². The van der Waals surface area contributed by atoms with Crippen molar-refractivity contribution in [1.82, 2.24) is 5.32 Å². The zero-order valence-corrected chi connectivity index (χ0v) is 14.2. The van der Waals surface area contributed by atoms with Gasteiger partial charge < -0.3 is 10.1 Å². The van der Waals surface area contributed by atoms with Gasteiger partial charge in [-0.05, 0) is 6.08 Å². The quantitative estimate of drug-likeness (QED) is 0.620. The zero-order chi connectivity index (χ0) is 16.5. The Morgan fingerprint density at radius 1 is 1.55 bits per heavy atom. The van der Waals surface area contributed by atoms with Gasteiger partial charge >= 0.3 is 0 Å². The highest BCUT2D eigenvalue weighted by Crippen LogP contribution is 2.45. The lowest BCUT2D eigenvalue weighted by Gasteiger charge is -2.23. The van der Waals surface area contributed by atoms with Crippen LogP contribution in [0, 0.1) is 0 Å². The molecule has 8 nitrogen and oxygen atoms in total. The number of carbonyl (C=O) groups is 1. The lowest BCUT2D eigenvalue weighted by molar-refractivity contribution is -0.119. The van der Waals surface area contributed by atoms with E-state index in [-0.39, 0.29) is 35.5 Å². The largest absolute Gasteiger partial charge is 0.496 e. The molecule has 2 aliphatic heterocycles. The van der Waals surface area contributed by atoms with Gasteiger partial charge in [-0.1, -0.05) is 11.8 Å². The van der Waals surface area contributed by atoms with Crippen molar-refractivity contribution in [3.8, 4) is 0 Å². The Morgan fingerprint density at radius 2 is 2.23 bits per heavy atom. The van der Waals surface area contributed by atoms with E-state index >= 15 is 0 Å².